The van der Waals surface area contributed by atoms with Crippen molar-refractivity contribution in [2.75, 3.05) is 13.1 Å². The lowest BCUT2D eigenvalue weighted by Crippen LogP contribution is -2.38. The second kappa shape index (κ2) is 8.42. The van der Waals surface area contributed by atoms with Crippen LogP contribution in [0, 0.1) is 13.8 Å². The molecule has 0 aliphatic heterocycles. The molecule has 0 saturated heterocycles. The highest BCUT2D eigenvalue weighted by atomic mass is 32.1. The van der Waals surface area contributed by atoms with Crippen LogP contribution in [0.5, 0.6) is 0 Å². The Morgan fingerprint density at radius 1 is 1.20 bits per heavy atom. The Hall–Kier alpha value is -1.96. The van der Waals surface area contributed by atoms with E-state index in [0.717, 1.165) is 36.2 Å². The average molecular weight is 365 g/mol. The third-order valence-electron chi connectivity index (χ3n) is 3.54. The zero-order valence-corrected chi connectivity index (χ0v) is 16.8. The van der Waals surface area contributed by atoms with E-state index in [2.05, 4.69) is 37.7 Å². The van der Waals surface area contributed by atoms with Gasteiger partial charge in [-0.2, -0.15) is 4.98 Å². The first-order valence-corrected chi connectivity index (χ1v) is 9.39. The molecule has 2 rings (SSSR count). The molecule has 0 spiro atoms. The number of nitrogens with zero attached hydrogens (tertiary/aromatic N) is 4. The molecule has 25 heavy (non-hydrogen) atoms. The number of nitrogens with one attached hydrogen (secondary N) is 2. The fourth-order valence-electron chi connectivity index (χ4n) is 2.05. The first-order valence-electron chi connectivity index (χ1n) is 8.57. The fraction of sp³-hybridized carbons (Fsp3) is 0.647. The van der Waals surface area contributed by atoms with E-state index in [1.165, 1.54) is 4.88 Å². The number of aryl methyl sites for hydroxylation is 2. The molecule has 0 aliphatic carbocycles. The Morgan fingerprint density at radius 3 is 2.52 bits per heavy atom. The Balaban J connectivity index is 1.90. The molecule has 0 amide bonds. The number of aliphatic imine (C=N–C) groups is 1. The molecule has 0 aromatic carbocycles. The van der Waals surface area contributed by atoms with Gasteiger partial charge in [0.15, 0.2) is 11.8 Å². The normalized spacial score (nSPS) is 12.5. The standard InChI is InChI=1S/C17H28N6OS/c1-7-18-16(19-9-8-14-21-11(2)12(3)25-14)20-10-13-22-15(24-23-13)17(4,5)6/h7-10H2,1-6H3,(H2,18,19,20). The topological polar surface area (TPSA) is 88.2 Å². The Labute approximate surface area is 153 Å². The summed E-state index contributed by atoms with van der Waals surface area (Å²) in [6.07, 6.45) is 0.875. The molecule has 2 aromatic rings. The number of hydrogen-bond acceptors (Lipinski definition) is 6. The van der Waals surface area contributed by atoms with Gasteiger partial charge in [-0.05, 0) is 20.8 Å². The lowest BCUT2D eigenvalue weighted by atomic mass is 9.97. The molecule has 138 valence electrons. The van der Waals surface area contributed by atoms with Crippen molar-refractivity contribution in [1.82, 2.24) is 25.8 Å². The van der Waals surface area contributed by atoms with Crippen LogP contribution in [0.4, 0.5) is 0 Å². The van der Waals surface area contributed by atoms with E-state index in [-0.39, 0.29) is 5.41 Å². The second-order valence-electron chi connectivity index (χ2n) is 6.89. The van der Waals surface area contributed by atoms with E-state index >= 15 is 0 Å². The van der Waals surface area contributed by atoms with E-state index in [1.54, 1.807) is 11.3 Å². The Kier molecular flexibility index (Phi) is 6.52. The molecule has 0 aliphatic rings. The van der Waals surface area contributed by atoms with Gasteiger partial charge in [-0.1, -0.05) is 25.9 Å². The highest BCUT2D eigenvalue weighted by Gasteiger charge is 2.21. The molecule has 0 fully saturated rings. The monoisotopic (exact) mass is 364 g/mol. The molecule has 0 bridgehead atoms. The van der Waals surface area contributed by atoms with E-state index in [0.29, 0.717) is 18.3 Å². The van der Waals surface area contributed by atoms with Crippen molar-refractivity contribution in [1.29, 1.82) is 0 Å². The molecule has 0 atom stereocenters. The summed E-state index contributed by atoms with van der Waals surface area (Å²) >= 11 is 1.75. The molecule has 7 nitrogen and oxygen atoms in total. The van der Waals surface area contributed by atoms with Gasteiger partial charge in [0, 0.05) is 29.8 Å². The van der Waals surface area contributed by atoms with Crippen molar-refractivity contribution in [3.63, 3.8) is 0 Å². The van der Waals surface area contributed by atoms with E-state index in [9.17, 15) is 0 Å². The van der Waals surface area contributed by atoms with Crippen LogP contribution in [-0.2, 0) is 18.4 Å². The highest BCUT2D eigenvalue weighted by molar-refractivity contribution is 7.11. The fourth-order valence-corrected chi connectivity index (χ4v) is 2.98. The summed E-state index contributed by atoms with van der Waals surface area (Å²) in [6.45, 7) is 14.3. The Morgan fingerprint density at radius 2 is 1.96 bits per heavy atom. The van der Waals surface area contributed by atoms with Crippen LogP contribution in [0.2, 0.25) is 0 Å². The highest BCUT2D eigenvalue weighted by Crippen LogP contribution is 2.19. The van der Waals surface area contributed by atoms with Gasteiger partial charge in [-0.15, -0.1) is 11.3 Å². The second-order valence-corrected chi connectivity index (χ2v) is 8.17. The van der Waals surface area contributed by atoms with Gasteiger partial charge in [0.2, 0.25) is 5.89 Å². The molecule has 8 heteroatoms. The minimum atomic E-state index is -0.151. The van der Waals surface area contributed by atoms with Gasteiger partial charge in [-0.3, -0.25) is 0 Å². The first-order chi connectivity index (χ1) is 11.8. The van der Waals surface area contributed by atoms with Crippen molar-refractivity contribution in [2.24, 2.45) is 4.99 Å². The van der Waals surface area contributed by atoms with Gasteiger partial charge >= 0.3 is 0 Å². The van der Waals surface area contributed by atoms with Crippen LogP contribution in [-0.4, -0.2) is 34.2 Å². The maximum atomic E-state index is 5.30. The average Bonchev–Trinajstić information content (AvgIpc) is 3.12. The van der Waals surface area contributed by atoms with Gasteiger partial charge in [0.05, 0.1) is 10.7 Å². The molecular formula is C17H28N6OS. The summed E-state index contributed by atoms with van der Waals surface area (Å²) in [5, 5.41) is 11.7. The molecule has 2 N–H and O–H groups in total. The SMILES string of the molecule is CCNC(=NCc1noc(C(C)(C)C)n1)NCCc1nc(C)c(C)s1. The number of hydrogen-bond donors (Lipinski definition) is 2. The summed E-state index contributed by atoms with van der Waals surface area (Å²) in [5.74, 6) is 1.97. The maximum absolute atomic E-state index is 5.30. The van der Waals surface area contributed by atoms with E-state index in [1.807, 2.05) is 34.6 Å². The van der Waals surface area contributed by atoms with E-state index < -0.39 is 0 Å². The lowest BCUT2D eigenvalue weighted by molar-refractivity contribution is 0.318. The van der Waals surface area contributed by atoms with Crippen molar-refractivity contribution < 1.29 is 4.52 Å². The van der Waals surface area contributed by atoms with Crippen LogP contribution in [0.3, 0.4) is 0 Å². The summed E-state index contributed by atoms with van der Waals surface area (Å²) in [7, 11) is 0. The molecule has 2 aromatic heterocycles. The maximum Gasteiger partial charge on any atom is 0.232 e. The van der Waals surface area contributed by atoms with Gasteiger partial charge in [-0.25, -0.2) is 9.98 Å². The van der Waals surface area contributed by atoms with Crippen molar-refractivity contribution in [3.8, 4) is 0 Å². The van der Waals surface area contributed by atoms with Gasteiger partial charge in [0.25, 0.3) is 0 Å². The molecule has 0 saturated carbocycles. The van der Waals surface area contributed by atoms with Crippen molar-refractivity contribution in [3.05, 3.63) is 27.3 Å². The van der Waals surface area contributed by atoms with Crippen LogP contribution in [0.25, 0.3) is 0 Å². The number of guanidine groups is 1. The van der Waals surface area contributed by atoms with Crippen LogP contribution in [0.15, 0.2) is 9.52 Å². The predicted octanol–water partition coefficient (Wildman–Crippen LogP) is 2.74. The summed E-state index contributed by atoms with van der Waals surface area (Å²) in [6, 6.07) is 0. The number of rotatable bonds is 6. The van der Waals surface area contributed by atoms with Gasteiger partial charge in [0.1, 0.15) is 6.54 Å². The predicted molar refractivity (Wildman–Crippen MR) is 101 cm³/mol. The quantitative estimate of drug-likeness (QED) is 0.605. The Bertz CT molecular complexity index is 694. The van der Waals surface area contributed by atoms with Crippen LogP contribution in [0.1, 0.15) is 55.0 Å². The third-order valence-corrected chi connectivity index (χ3v) is 4.67. The molecule has 0 radical (unpaired) electrons. The first kappa shape index (κ1) is 19.4. The van der Waals surface area contributed by atoms with Crippen LogP contribution >= 0.6 is 11.3 Å². The smallest absolute Gasteiger partial charge is 0.232 e. The zero-order valence-electron chi connectivity index (χ0n) is 15.9. The summed E-state index contributed by atoms with van der Waals surface area (Å²) in [4.78, 5) is 14.8. The van der Waals surface area contributed by atoms with Crippen molar-refractivity contribution >= 4 is 17.3 Å². The largest absolute Gasteiger partial charge is 0.357 e. The summed E-state index contributed by atoms with van der Waals surface area (Å²) < 4.78 is 5.30. The zero-order chi connectivity index (χ0) is 18.4. The molecule has 2 heterocycles. The number of aromatic nitrogens is 3. The molecular weight excluding hydrogens is 336 g/mol. The minimum Gasteiger partial charge on any atom is -0.357 e. The number of thiazole rings is 1. The molecule has 0 unspecified atom stereocenters. The van der Waals surface area contributed by atoms with Crippen LogP contribution < -0.4 is 10.6 Å². The lowest BCUT2D eigenvalue weighted by Gasteiger charge is -2.10. The van der Waals surface area contributed by atoms with Gasteiger partial charge < -0.3 is 15.2 Å². The summed E-state index contributed by atoms with van der Waals surface area (Å²) in [5.41, 5.74) is 0.967. The van der Waals surface area contributed by atoms with E-state index in [4.69, 9.17) is 4.52 Å². The third kappa shape index (κ3) is 5.81. The minimum absolute atomic E-state index is 0.151. The van der Waals surface area contributed by atoms with Crippen molar-refractivity contribution in [2.45, 2.75) is 59.9 Å².